The molecule has 2 unspecified atom stereocenters. The van der Waals surface area contributed by atoms with Crippen molar-refractivity contribution < 1.29 is 18.8 Å². The van der Waals surface area contributed by atoms with Gasteiger partial charge in [0.25, 0.3) is 11.8 Å². The van der Waals surface area contributed by atoms with Gasteiger partial charge in [-0.3, -0.25) is 14.4 Å². The van der Waals surface area contributed by atoms with Gasteiger partial charge in [-0.2, -0.15) is 0 Å². The molecule has 0 saturated carbocycles. The van der Waals surface area contributed by atoms with Crippen LogP contribution in [-0.4, -0.2) is 34.9 Å². The van der Waals surface area contributed by atoms with E-state index in [1.165, 1.54) is 24.3 Å². The molecule has 1 aromatic heterocycles. The van der Waals surface area contributed by atoms with Gasteiger partial charge in [-0.1, -0.05) is 6.92 Å². The van der Waals surface area contributed by atoms with Crippen LogP contribution < -0.4 is 16.0 Å². The number of nitrogens with one attached hydrogen (secondary N) is 3. The molecule has 1 aromatic carbocycles. The second kappa shape index (κ2) is 8.24. The summed E-state index contributed by atoms with van der Waals surface area (Å²) in [5, 5.41) is 8.40. The van der Waals surface area contributed by atoms with Crippen molar-refractivity contribution in [3.8, 4) is 0 Å². The maximum Gasteiger partial charge on any atom is 0.268 e. The minimum absolute atomic E-state index is 0.0837. The zero-order valence-corrected chi connectivity index (χ0v) is 15.8. The molecule has 148 valence electrons. The molecule has 1 aliphatic rings. The summed E-state index contributed by atoms with van der Waals surface area (Å²) in [6.07, 6.45) is 2.70. The van der Waals surface area contributed by atoms with E-state index in [4.69, 9.17) is 0 Å². The Morgan fingerprint density at radius 3 is 2.71 bits per heavy atom. The fourth-order valence-electron chi connectivity index (χ4n) is 3.06. The number of rotatable bonds is 6. The Bertz CT molecular complexity index is 891. The Kier molecular flexibility index (Phi) is 5.77. The van der Waals surface area contributed by atoms with Crippen molar-refractivity contribution in [1.82, 2.24) is 15.2 Å². The summed E-state index contributed by atoms with van der Waals surface area (Å²) in [6, 6.07) is 6.59. The van der Waals surface area contributed by atoms with Gasteiger partial charge in [0.1, 0.15) is 11.5 Å². The van der Waals surface area contributed by atoms with Gasteiger partial charge in [0.05, 0.1) is 11.7 Å². The SMILES string of the molecule is CCC(C)NC(=O)CC1CNC(=O)c2cc(NC(=O)c3ccc(F)cc3)cn21. The minimum atomic E-state index is -0.425. The van der Waals surface area contributed by atoms with Crippen LogP contribution in [0.5, 0.6) is 0 Å². The van der Waals surface area contributed by atoms with Crippen LogP contribution in [0.2, 0.25) is 0 Å². The van der Waals surface area contributed by atoms with Gasteiger partial charge >= 0.3 is 0 Å². The van der Waals surface area contributed by atoms with Crippen LogP contribution in [0.15, 0.2) is 36.5 Å². The number of nitrogens with zero attached hydrogens (tertiary/aromatic N) is 1. The minimum Gasteiger partial charge on any atom is -0.354 e. The first-order chi connectivity index (χ1) is 13.4. The number of carbonyl (C=O) groups excluding carboxylic acids is 3. The number of fused-ring (bicyclic) bond motifs is 1. The summed E-state index contributed by atoms with van der Waals surface area (Å²) < 4.78 is 14.7. The van der Waals surface area contributed by atoms with E-state index in [9.17, 15) is 18.8 Å². The Labute approximate surface area is 162 Å². The summed E-state index contributed by atoms with van der Waals surface area (Å²) in [6.45, 7) is 4.26. The van der Waals surface area contributed by atoms with E-state index < -0.39 is 11.7 Å². The Balaban J connectivity index is 1.74. The summed E-state index contributed by atoms with van der Waals surface area (Å²) in [5.41, 5.74) is 1.12. The number of anilines is 1. The first-order valence-corrected chi connectivity index (χ1v) is 9.23. The zero-order chi connectivity index (χ0) is 20.3. The van der Waals surface area contributed by atoms with E-state index >= 15 is 0 Å². The fourth-order valence-corrected chi connectivity index (χ4v) is 3.06. The van der Waals surface area contributed by atoms with Crippen LogP contribution in [0.1, 0.15) is 53.6 Å². The molecule has 3 amide bonds. The van der Waals surface area contributed by atoms with E-state index in [0.717, 1.165) is 6.42 Å². The lowest BCUT2D eigenvalue weighted by Gasteiger charge is -2.26. The highest BCUT2D eigenvalue weighted by atomic mass is 19.1. The van der Waals surface area contributed by atoms with Crippen molar-refractivity contribution in [2.24, 2.45) is 0 Å². The molecule has 0 bridgehead atoms. The normalized spacial score (nSPS) is 16.7. The van der Waals surface area contributed by atoms with Crippen molar-refractivity contribution in [3.05, 3.63) is 53.6 Å². The molecule has 2 aromatic rings. The van der Waals surface area contributed by atoms with Crippen LogP contribution in [-0.2, 0) is 4.79 Å². The predicted molar refractivity (Wildman–Crippen MR) is 103 cm³/mol. The van der Waals surface area contributed by atoms with Crippen molar-refractivity contribution in [2.45, 2.75) is 38.8 Å². The number of halogens is 1. The molecule has 2 atom stereocenters. The highest BCUT2D eigenvalue weighted by molar-refractivity contribution is 6.05. The number of aromatic nitrogens is 1. The molecule has 3 N–H and O–H groups in total. The number of amides is 3. The quantitative estimate of drug-likeness (QED) is 0.712. The molecule has 2 heterocycles. The van der Waals surface area contributed by atoms with Crippen molar-refractivity contribution in [3.63, 3.8) is 0 Å². The summed E-state index contributed by atoms with van der Waals surface area (Å²) >= 11 is 0. The van der Waals surface area contributed by atoms with Gasteiger partial charge in [0.15, 0.2) is 0 Å². The first kappa shape index (κ1) is 19.6. The molecule has 0 spiro atoms. The van der Waals surface area contributed by atoms with Crippen LogP contribution in [0, 0.1) is 5.82 Å². The van der Waals surface area contributed by atoms with Crippen LogP contribution in [0.25, 0.3) is 0 Å². The maximum atomic E-state index is 13.0. The number of carbonyl (C=O) groups is 3. The largest absolute Gasteiger partial charge is 0.354 e. The molecule has 0 radical (unpaired) electrons. The van der Waals surface area contributed by atoms with E-state index in [-0.39, 0.29) is 30.3 Å². The third-order valence-electron chi connectivity index (χ3n) is 4.78. The van der Waals surface area contributed by atoms with E-state index in [0.29, 0.717) is 23.5 Å². The highest BCUT2D eigenvalue weighted by Gasteiger charge is 2.28. The molecule has 0 saturated heterocycles. The molecule has 1 aliphatic heterocycles. The van der Waals surface area contributed by atoms with E-state index in [1.807, 2.05) is 13.8 Å². The lowest BCUT2D eigenvalue weighted by Crippen LogP contribution is -2.41. The lowest BCUT2D eigenvalue weighted by atomic mass is 10.1. The third kappa shape index (κ3) is 4.39. The van der Waals surface area contributed by atoms with Gasteiger partial charge in [0.2, 0.25) is 5.91 Å². The molecule has 0 fully saturated rings. The maximum absolute atomic E-state index is 13.0. The van der Waals surface area contributed by atoms with E-state index in [1.54, 1.807) is 16.8 Å². The molecule has 8 heteroatoms. The van der Waals surface area contributed by atoms with Crippen LogP contribution in [0.4, 0.5) is 10.1 Å². The molecule has 0 aliphatic carbocycles. The average molecular weight is 386 g/mol. The summed E-state index contributed by atoms with van der Waals surface area (Å²) in [7, 11) is 0. The lowest BCUT2D eigenvalue weighted by molar-refractivity contribution is -0.122. The predicted octanol–water partition coefficient (Wildman–Crippen LogP) is 2.47. The van der Waals surface area contributed by atoms with Crippen molar-refractivity contribution >= 4 is 23.4 Å². The molecule has 7 nitrogen and oxygen atoms in total. The monoisotopic (exact) mass is 386 g/mol. The number of hydrogen-bond donors (Lipinski definition) is 3. The average Bonchev–Trinajstić information content (AvgIpc) is 3.09. The van der Waals surface area contributed by atoms with Crippen LogP contribution >= 0.6 is 0 Å². The van der Waals surface area contributed by atoms with Gasteiger partial charge in [-0.05, 0) is 43.7 Å². The fraction of sp³-hybridized carbons (Fsp3) is 0.350. The van der Waals surface area contributed by atoms with Gasteiger partial charge in [0, 0.05) is 30.8 Å². The molecular weight excluding hydrogens is 363 g/mol. The second-order valence-corrected chi connectivity index (χ2v) is 6.93. The van der Waals surface area contributed by atoms with E-state index in [2.05, 4.69) is 16.0 Å². The highest BCUT2D eigenvalue weighted by Crippen LogP contribution is 2.25. The molecule has 28 heavy (non-hydrogen) atoms. The zero-order valence-electron chi connectivity index (χ0n) is 15.8. The van der Waals surface area contributed by atoms with Crippen LogP contribution in [0.3, 0.4) is 0 Å². The first-order valence-electron chi connectivity index (χ1n) is 9.23. The van der Waals surface area contributed by atoms with Gasteiger partial charge in [-0.25, -0.2) is 4.39 Å². The number of hydrogen-bond acceptors (Lipinski definition) is 3. The third-order valence-corrected chi connectivity index (χ3v) is 4.78. The van der Waals surface area contributed by atoms with Crippen molar-refractivity contribution in [2.75, 3.05) is 11.9 Å². The van der Waals surface area contributed by atoms with Gasteiger partial charge in [-0.15, -0.1) is 0 Å². The Morgan fingerprint density at radius 2 is 2.04 bits per heavy atom. The van der Waals surface area contributed by atoms with Crippen molar-refractivity contribution in [1.29, 1.82) is 0 Å². The topological polar surface area (TPSA) is 92.2 Å². The number of benzene rings is 1. The summed E-state index contributed by atoms with van der Waals surface area (Å²) in [4.78, 5) is 36.7. The molecular formula is C20H23FN4O3. The molecule has 3 rings (SSSR count). The Morgan fingerprint density at radius 1 is 1.32 bits per heavy atom. The standard InChI is InChI=1S/C20H23FN4O3/c1-3-12(2)23-18(26)9-16-10-22-20(28)17-8-15(11-25(16)17)24-19(27)13-4-6-14(21)7-5-13/h4-8,11-12,16H,3,9-10H2,1-2H3,(H,22,28)(H,23,26)(H,24,27). The van der Waals surface area contributed by atoms with Gasteiger partial charge < -0.3 is 20.5 Å². The Hall–Kier alpha value is -3.16. The second-order valence-electron chi connectivity index (χ2n) is 6.93. The smallest absolute Gasteiger partial charge is 0.268 e. The summed E-state index contributed by atoms with van der Waals surface area (Å²) in [5.74, 6) is -1.19.